The summed E-state index contributed by atoms with van der Waals surface area (Å²) in [6, 6.07) is 8.99. The van der Waals surface area contributed by atoms with Gasteiger partial charge in [-0.3, -0.25) is 0 Å². The molecule has 1 N–H and O–H groups in total. The summed E-state index contributed by atoms with van der Waals surface area (Å²) >= 11 is 5.99. The molecule has 3 rings (SSSR count). The van der Waals surface area contributed by atoms with Crippen LogP contribution in [0, 0.1) is 11.8 Å². The fourth-order valence-corrected chi connectivity index (χ4v) is 3.47. The van der Waals surface area contributed by atoms with Crippen molar-refractivity contribution in [2.24, 2.45) is 11.8 Å². The highest BCUT2D eigenvalue weighted by Gasteiger charge is 2.32. The minimum atomic E-state index is 0.555. The van der Waals surface area contributed by atoms with Crippen LogP contribution in [-0.2, 0) is 0 Å². The average Bonchev–Trinajstić information content (AvgIpc) is 3.27. The molecule has 2 heteroatoms. The monoisotopic (exact) mass is 277 g/mol. The van der Waals surface area contributed by atoms with Crippen molar-refractivity contribution < 1.29 is 0 Å². The number of nitrogens with one attached hydrogen (secondary N) is 1. The lowest BCUT2D eigenvalue weighted by Crippen LogP contribution is -2.29. The van der Waals surface area contributed by atoms with Crippen molar-refractivity contribution in [2.45, 2.75) is 51.0 Å². The third kappa shape index (κ3) is 3.73. The molecule has 2 aliphatic carbocycles. The highest BCUT2D eigenvalue weighted by Crippen LogP contribution is 2.41. The SMILES string of the molecule is Clc1ccc(C(NCC2CCCCC2)C2CC2)cc1. The molecule has 104 valence electrons. The number of halogens is 1. The van der Waals surface area contributed by atoms with Crippen molar-refractivity contribution in [3.63, 3.8) is 0 Å². The Labute approximate surface area is 121 Å². The number of rotatable bonds is 5. The molecule has 0 aliphatic heterocycles. The third-order valence-corrected chi connectivity index (χ3v) is 4.93. The molecule has 0 bridgehead atoms. The standard InChI is InChI=1S/C17H24ClN/c18-16-10-8-15(9-11-16)17(14-6-7-14)19-12-13-4-2-1-3-5-13/h8-11,13-14,17,19H,1-7,12H2. The van der Waals surface area contributed by atoms with Gasteiger partial charge in [0.1, 0.15) is 0 Å². The maximum Gasteiger partial charge on any atom is 0.0406 e. The fraction of sp³-hybridized carbons (Fsp3) is 0.647. The number of benzene rings is 1. The molecule has 19 heavy (non-hydrogen) atoms. The highest BCUT2D eigenvalue weighted by molar-refractivity contribution is 6.30. The zero-order valence-electron chi connectivity index (χ0n) is 11.6. The van der Waals surface area contributed by atoms with Gasteiger partial charge in [-0.15, -0.1) is 0 Å². The molecule has 2 fully saturated rings. The predicted octanol–water partition coefficient (Wildman–Crippen LogP) is 4.96. The van der Waals surface area contributed by atoms with Gasteiger partial charge in [-0.1, -0.05) is 43.0 Å². The van der Waals surface area contributed by atoms with Gasteiger partial charge in [-0.2, -0.15) is 0 Å². The topological polar surface area (TPSA) is 12.0 Å². The Morgan fingerprint density at radius 2 is 1.68 bits per heavy atom. The van der Waals surface area contributed by atoms with Gasteiger partial charge in [0.2, 0.25) is 0 Å². The second kappa shape index (κ2) is 6.28. The minimum Gasteiger partial charge on any atom is -0.309 e. The van der Waals surface area contributed by atoms with E-state index in [0.717, 1.165) is 16.9 Å². The van der Waals surface area contributed by atoms with Crippen LogP contribution in [-0.4, -0.2) is 6.54 Å². The van der Waals surface area contributed by atoms with E-state index in [-0.39, 0.29) is 0 Å². The van der Waals surface area contributed by atoms with E-state index in [2.05, 4.69) is 17.4 Å². The van der Waals surface area contributed by atoms with Crippen LogP contribution in [0.2, 0.25) is 5.02 Å². The van der Waals surface area contributed by atoms with Crippen LogP contribution in [0.1, 0.15) is 56.6 Å². The van der Waals surface area contributed by atoms with Crippen LogP contribution in [0.25, 0.3) is 0 Å². The molecule has 2 aliphatic rings. The quantitative estimate of drug-likeness (QED) is 0.802. The van der Waals surface area contributed by atoms with Crippen LogP contribution >= 0.6 is 11.6 Å². The molecule has 0 amide bonds. The van der Waals surface area contributed by atoms with Gasteiger partial charge in [-0.05, 0) is 61.8 Å². The van der Waals surface area contributed by atoms with Crippen LogP contribution < -0.4 is 5.32 Å². The van der Waals surface area contributed by atoms with E-state index in [4.69, 9.17) is 11.6 Å². The minimum absolute atomic E-state index is 0.555. The van der Waals surface area contributed by atoms with Gasteiger partial charge in [0.05, 0.1) is 0 Å². The summed E-state index contributed by atoms with van der Waals surface area (Å²) in [4.78, 5) is 0. The van der Waals surface area contributed by atoms with Gasteiger partial charge < -0.3 is 5.32 Å². The second-order valence-corrected chi connectivity index (χ2v) is 6.72. The Bertz CT molecular complexity index is 390. The van der Waals surface area contributed by atoms with Crippen molar-refractivity contribution in [3.8, 4) is 0 Å². The molecular formula is C17H24ClN. The van der Waals surface area contributed by atoms with Crippen molar-refractivity contribution in [2.75, 3.05) is 6.54 Å². The average molecular weight is 278 g/mol. The van der Waals surface area contributed by atoms with Gasteiger partial charge in [0.15, 0.2) is 0 Å². The molecule has 0 spiro atoms. The van der Waals surface area contributed by atoms with Gasteiger partial charge in [0.25, 0.3) is 0 Å². The second-order valence-electron chi connectivity index (χ2n) is 6.28. The summed E-state index contributed by atoms with van der Waals surface area (Å²) in [6.45, 7) is 1.20. The molecule has 0 aromatic heterocycles. The fourth-order valence-electron chi connectivity index (χ4n) is 3.34. The number of hydrogen-bond acceptors (Lipinski definition) is 1. The predicted molar refractivity (Wildman–Crippen MR) is 81.5 cm³/mol. The molecule has 1 nitrogen and oxygen atoms in total. The Morgan fingerprint density at radius 3 is 2.32 bits per heavy atom. The summed E-state index contributed by atoms with van der Waals surface area (Å²) < 4.78 is 0. The zero-order chi connectivity index (χ0) is 13.1. The van der Waals surface area contributed by atoms with E-state index in [9.17, 15) is 0 Å². The molecule has 0 heterocycles. The third-order valence-electron chi connectivity index (χ3n) is 4.67. The van der Waals surface area contributed by atoms with Gasteiger partial charge >= 0.3 is 0 Å². The molecule has 1 unspecified atom stereocenters. The molecule has 1 atom stereocenters. The lowest BCUT2D eigenvalue weighted by molar-refractivity contribution is 0.320. The van der Waals surface area contributed by atoms with E-state index in [0.29, 0.717) is 6.04 Å². The molecule has 1 aromatic carbocycles. The summed E-state index contributed by atoms with van der Waals surface area (Å²) in [7, 11) is 0. The molecule has 0 saturated heterocycles. The maximum absolute atomic E-state index is 5.99. The van der Waals surface area contributed by atoms with E-state index in [1.165, 1.54) is 57.1 Å². The zero-order valence-corrected chi connectivity index (χ0v) is 12.3. The Morgan fingerprint density at radius 1 is 1.00 bits per heavy atom. The molecule has 2 saturated carbocycles. The van der Waals surface area contributed by atoms with Gasteiger partial charge in [0, 0.05) is 11.1 Å². The maximum atomic E-state index is 5.99. The Balaban J connectivity index is 1.59. The lowest BCUT2D eigenvalue weighted by Gasteiger charge is -2.26. The van der Waals surface area contributed by atoms with Crippen molar-refractivity contribution in [3.05, 3.63) is 34.9 Å². The Kier molecular flexibility index (Phi) is 4.45. The van der Waals surface area contributed by atoms with Crippen LogP contribution in [0.5, 0.6) is 0 Å². The first kappa shape index (κ1) is 13.5. The molecular weight excluding hydrogens is 254 g/mol. The largest absolute Gasteiger partial charge is 0.309 e. The van der Waals surface area contributed by atoms with Crippen molar-refractivity contribution in [1.82, 2.24) is 5.32 Å². The first-order chi connectivity index (χ1) is 9.33. The lowest BCUT2D eigenvalue weighted by atomic mass is 9.89. The molecule has 1 aromatic rings. The summed E-state index contributed by atoms with van der Waals surface area (Å²) in [5.74, 6) is 1.76. The van der Waals surface area contributed by atoms with E-state index < -0.39 is 0 Å². The normalized spacial score (nSPS) is 22.4. The first-order valence-electron chi connectivity index (χ1n) is 7.82. The highest BCUT2D eigenvalue weighted by atomic mass is 35.5. The van der Waals surface area contributed by atoms with Crippen molar-refractivity contribution in [1.29, 1.82) is 0 Å². The van der Waals surface area contributed by atoms with Gasteiger partial charge in [-0.25, -0.2) is 0 Å². The summed E-state index contributed by atoms with van der Waals surface area (Å²) in [5, 5.41) is 4.68. The summed E-state index contributed by atoms with van der Waals surface area (Å²) in [5.41, 5.74) is 1.42. The van der Waals surface area contributed by atoms with Crippen LogP contribution in [0.3, 0.4) is 0 Å². The van der Waals surface area contributed by atoms with E-state index in [1.807, 2.05) is 12.1 Å². The van der Waals surface area contributed by atoms with E-state index >= 15 is 0 Å². The Hall–Kier alpha value is -0.530. The van der Waals surface area contributed by atoms with E-state index in [1.54, 1.807) is 0 Å². The number of hydrogen-bond donors (Lipinski definition) is 1. The smallest absolute Gasteiger partial charge is 0.0406 e. The van der Waals surface area contributed by atoms with Crippen LogP contribution in [0.15, 0.2) is 24.3 Å². The first-order valence-corrected chi connectivity index (χ1v) is 8.19. The van der Waals surface area contributed by atoms with Crippen LogP contribution in [0.4, 0.5) is 0 Å². The summed E-state index contributed by atoms with van der Waals surface area (Å²) in [6.07, 6.45) is 9.91. The molecule has 0 radical (unpaired) electrons. The van der Waals surface area contributed by atoms with Crippen molar-refractivity contribution >= 4 is 11.6 Å².